The minimum absolute atomic E-state index is 0.242. The minimum atomic E-state index is -0.267. The van der Waals surface area contributed by atoms with Crippen LogP contribution in [-0.2, 0) is 5.54 Å². The van der Waals surface area contributed by atoms with Gasteiger partial charge in [-0.3, -0.25) is 0 Å². The van der Waals surface area contributed by atoms with Crippen molar-refractivity contribution in [1.29, 1.82) is 0 Å². The first-order chi connectivity index (χ1) is 25.7. The molecule has 0 saturated heterocycles. The van der Waals surface area contributed by atoms with Gasteiger partial charge in [0, 0.05) is 34.0 Å². The molecular formula is C48H34N4. The van der Waals surface area contributed by atoms with E-state index >= 15 is 0 Å². The fourth-order valence-corrected chi connectivity index (χ4v) is 8.40. The maximum absolute atomic E-state index is 5.18. The van der Waals surface area contributed by atoms with Gasteiger partial charge in [0.2, 0.25) is 0 Å². The quantitative estimate of drug-likeness (QED) is 0.183. The minimum Gasteiger partial charge on any atom is -0.330 e. The monoisotopic (exact) mass is 666 g/mol. The van der Waals surface area contributed by atoms with Crippen molar-refractivity contribution in [1.82, 2.24) is 15.0 Å². The Bertz CT molecular complexity index is 2590. The molecule has 8 aromatic rings. The smallest absolute Gasteiger partial charge is 0.165 e. The number of hydrogen-bond acceptors (Lipinski definition) is 4. The van der Waals surface area contributed by atoms with Crippen LogP contribution in [-0.4, -0.2) is 15.0 Å². The lowest BCUT2D eigenvalue weighted by molar-refractivity contribution is 0.459. The predicted molar refractivity (Wildman–Crippen MR) is 213 cm³/mol. The molecule has 2 aliphatic rings. The second kappa shape index (κ2) is 12.0. The first-order valence-corrected chi connectivity index (χ1v) is 17.8. The van der Waals surface area contributed by atoms with E-state index in [2.05, 4.69) is 157 Å². The highest BCUT2D eigenvalue weighted by molar-refractivity contribution is 6.03. The van der Waals surface area contributed by atoms with Crippen LogP contribution in [0.5, 0.6) is 0 Å². The van der Waals surface area contributed by atoms with Gasteiger partial charge in [0.05, 0.1) is 5.54 Å². The molecule has 0 saturated carbocycles. The summed E-state index contributed by atoms with van der Waals surface area (Å²) in [5.41, 5.74) is 11.2. The third-order valence-electron chi connectivity index (χ3n) is 10.8. The molecule has 1 aliphatic heterocycles. The van der Waals surface area contributed by atoms with Gasteiger partial charge in [-0.05, 0) is 63.7 Å². The second-order valence-corrected chi connectivity index (χ2v) is 13.8. The zero-order chi connectivity index (χ0) is 34.6. The molecular weight excluding hydrogens is 633 g/mol. The number of aromatic nitrogens is 3. The molecule has 7 aromatic carbocycles. The fourth-order valence-electron chi connectivity index (χ4n) is 8.40. The number of hydrogen-bond donors (Lipinski definition) is 0. The topological polar surface area (TPSA) is 41.9 Å². The van der Waals surface area contributed by atoms with E-state index in [0.29, 0.717) is 17.5 Å². The Balaban J connectivity index is 1.15. The highest BCUT2D eigenvalue weighted by Gasteiger charge is 2.50. The van der Waals surface area contributed by atoms with E-state index < -0.39 is 0 Å². The van der Waals surface area contributed by atoms with Gasteiger partial charge < -0.3 is 4.90 Å². The van der Waals surface area contributed by atoms with Gasteiger partial charge in [-0.2, -0.15) is 0 Å². The molecule has 0 spiro atoms. The van der Waals surface area contributed by atoms with Gasteiger partial charge in [0.15, 0.2) is 17.5 Å². The largest absolute Gasteiger partial charge is 0.330 e. The van der Waals surface area contributed by atoms with Crippen LogP contribution in [0.2, 0.25) is 0 Å². The molecule has 0 N–H and O–H groups in total. The van der Waals surface area contributed by atoms with Crippen LogP contribution in [0.1, 0.15) is 29.5 Å². The molecule has 0 fully saturated rings. The van der Waals surface area contributed by atoms with Gasteiger partial charge >= 0.3 is 0 Å². The number of nitrogens with zero attached hydrogens (tertiary/aromatic N) is 4. The summed E-state index contributed by atoms with van der Waals surface area (Å²) in [5, 5.41) is 2.24. The summed E-state index contributed by atoms with van der Waals surface area (Å²) in [6, 6.07) is 60.0. The Morgan fingerprint density at radius 1 is 0.519 bits per heavy atom. The highest BCUT2D eigenvalue weighted by atomic mass is 15.2. The van der Waals surface area contributed by atoms with Gasteiger partial charge in [-0.15, -0.1) is 0 Å². The number of fused-ring (bicyclic) bond motifs is 6. The predicted octanol–water partition coefficient (Wildman–Crippen LogP) is 11.9. The average molecular weight is 667 g/mol. The van der Waals surface area contributed by atoms with Crippen LogP contribution in [0, 0.1) is 0 Å². The van der Waals surface area contributed by atoms with Gasteiger partial charge in [0.25, 0.3) is 0 Å². The average Bonchev–Trinajstić information content (AvgIpc) is 3.49. The summed E-state index contributed by atoms with van der Waals surface area (Å²) in [5.74, 6) is 2.19. The lowest BCUT2D eigenvalue weighted by Gasteiger charge is -2.43. The van der Waals surface area contributed by atoms with Crippen molar-refractivity contribution in [3.05, 3.63) is 193 Å². The lowest BCUT2D eigenvalue weighted by Crippen LogP contribution is -2.42. The molecule has 246 valence electrons. The number of anilines is 2. The summed E-state index contributed by atoms with van der Waals surface area (Å²) in [4.78, 5) is 17.9. The molecule has 0 bridgehead atoms. The van der Waals surface area contributed by atoms with E-state index in [9.17, 15) is 0 Å². The van der Waals surface area contributed by atoms with Crippen molar-refractivity contribution in [3.63, 3.8) is 0 Å². The normalized spacial score (nSPS) is 17.1. The van der Waals surface area contributed by atoms with Crippen LogP contribution in [0.15, 0.2) is 176 Å². The van der Waals surface area contributed by atoms with E-state index in [0.717, 1.165) is 44.3 Å². The van der Waals surface area contributed by atoms with Crippen LogP contribution in [0.25, 0.3) is 62.1 Å². The molecule has 2 heterocycles. The van der Waals surface area contributed by atoms with Crippen molar-refractivity contribution < 1.29 is 0 Å². The van der Waals surface area contributed by atoms with Crippen molar-refractivity contribution in [2.24, 2.45) is 0 Å². The molecule has 1 aliphatic carbocycles. The Labute approximate surface area is 303 Å². The first kappa shape index (κ1) is 30.2. The zero-order valence-electron chi connectivity index (χ0n) is 28.7. The molecule has 2 atom stereocenters. The summed E-state index contributed by atoms with van der Waals surface area (Å²) >= 11 is 0. The lowest BCUT2D eigenvalue weighted by atomic mass is 9.73. The first-order valence-electron chi connectivity index (χ1n) is 17.8. The van der Waals surface area contributed by atoms with Crippen LogP contribution < -0.4 is 4.90 Å². The Morgan fingerprint density at radius 2 is 1.13 bits per heavy atom. The highest BCUT2D eigenvalue weighted by Crippen LogP contribution is 2.59. The molecule has 0 radical (unpaired) electrons. The summed E-state index contributed by atoms with van der Waals surface area (Å²) in [6.07, 6.45) is 4.68. The summed E-state index contributed by atoms with van der Waals surface area (Å²) in [7, 11) is 0. The summed E-state index contributed by atoms with van der Waals surface area (Å²) < 4.78 is 0. The van der Waals surface area contributed by atoms with Gasteiger partial charge in [-0.1, -0.05) is 164 Å². The maximum Gasteiger partial charge on any atom is 0.165 e. The fraction of sp³-hybridized carbons (Fsp3) is 0.0625. The van der Waals surface area contributed by atoms with E-state index in [4.69, 9.17) is 15.0 Å². The van der Waals surface area contributed by atoms with E-state index in [1.165, 1.54) is 22.4 Å². The molecule has 4 heteroatoms. The van der Waals surface area contributed by atoms with Crippen molar-refractivity contribution in [2.75, 3.05) is 4.90 Å². The van der Waals surface area contributed by atoms with Crippen molar-refractivity contribution in [3.8, 4) is 45.3 Å². The van der Waals surface area contributed by atoms with Gasteiger partial charge in [0.1, 0.15) is 0 Å². The van der Waals surface area contributed by atoms with E-state index in [-0.39, 0.29) is 11.5 Å². The molecule has 0 amide bonds. The molecule has 1 aromatic heterocycles. The van der Waals surface area contributed by atoms with Crippen LogP contribution >= 0.6 is 0 Å². The van der Waals surface area contributed by atoms with Crippen molar-refractivity contribution in [2.45, 2.75) is 18.4 Å². The zero-order valence-corrected chi connectivity index (χ0v) is 28.7. The number of para-hydroxylation sites is 1. The van der Waals surface area contributed by atoms with Crippen LogP contribution in [0.3, 0.4) is 0 Å². The third-order valence-corrected chi connectivity index (χ3v) is 10.8. The molecule has 2 unspecified atom stereocenters. The Hall–Kier alpha value is -6.65. The SMILES string of the molecule is CC12c3ccccc3C=CC1c1ccccc1N2c1ccc(-c2ccc3ccccc3c2-c2nc(-c3ccccc3)nc(-c3ccccc3)n2)cc1. The summed E-state index contributed by atoms with van der Waals surface area (Å²) in [6.45, 7) is 2.39. The maximum atomic E-state index is 5.18. The Morgan fingerprint density at radius 3 is 1.88 bits per heavy atom. The molecule has 52 heavy (non-hydrogen) atoms. The Kier molecular flexibility index (Phi) is 6.97. The van der Waals surface area contributed by atoms with Gasteiger partial charge in [-0.25, -0.2) is 15.0 Å². The van der Waals surface area contributed by atoms with E-state index in [1.54, 1.807) is 0 Å². The van der Waals surface area contributed by atoms with Crippen molar-refractivity contribution >= 4 is 28.2 Å². The molecule has 4 nitrogen and oxygen atoms in total. The van der Waals surface area contributed by atoms with E-state index in [1.807, 2.05) is 36.4 Å². The molecule has 10 rings (SSSR count). The number of rotatable bonds is 5. The number of benzene rings is 7. The van der Waals surface area contributed by atoms with Crippen LogP contribution in [0.4, 0.5) is 11.4 Å². The third kappa shape index (κ3) is 4.72. The standard InChI is InChI=1S/C48H34N4/c1-48-41-22-12-9-15-34(41)27-31-42(48)40-21-11-13-23-43(40)52(48)37-28-24-33(25-29-37)39-30-26-32-14-8-10-20-38(32)44(39)47-50-45(35-16-4-2-5-17-35)49-46(51-47)36-18-6-3-7-19-36/h2-31,42H,1H3. The second-order valence-electron chi connectivity index (χ2n) is 13.8.